The fourth-order valence-corrected chi connectivity index (χ4v) is 4.72. The molecule has 0 spiro atoms. The molecule has 2 aromatic rings. The Morgan fingerprint density at radius 2 is 1.90 bits per heavy atom. The van der Waals surface area contributed by atoms with Gasteiger partial charge in [-0.25, -0.2) is 0 Å². The number of carbonyl (C=O) groups is 2. The van der Waals surface area contributed by atoms with E-state index in [1.54, 1.807) is 13.2 Å². The van der Waals surface area contributed by atoms with Gasteiger partial charge in [0, 0.05) is 6.54 Å². The van der Waals surface area contributed by atoms with E-state index in [1.807, 2.05) is 44.2 Å². The van der Waals surface area contributed by atoms with Crippen LogP contribution in [0.5, 0.6) is 11.5 Å². The van der Waals surface area contributed by atoms with E-state index in [2.05, 4.69) is 34.7 Å². The Kier molecular flexibility index (Phi) is 7.82. The van der Waals surface area contributed by atoms with Gasteiger partial charge in [-0.05, 0) is 90.4 Å². The van der Waals surface area contributed by atoms with Gasteiger partial charge in [-0.2, -0.15) is 0 Å². The Bertz CT molecular complexity index is 959. The lowest BCUT2D eigenvalue weighted by atomic mass is 10.1. The smallest absolute Gasteiger partial charge is 0.293 e. The minimum atomic E-state index is -0.241. The summed E-state index contributed by atoms with van der Waals surface area (Å²) < 4.78 is 12.2. The van der Waals surface area contributed by atoms with Crippen LogP contribution >= 0.6 is 34.4 Å². The molecule has 1 aliphatic heterocycles. The predicted octanol–water partition coefficient (Wildman–Crippen LogP) is 5.76. The molecule has 0 N–H and O–H groups in total. The number of rotatable bonds is 8. The predicted molar refractivity (Wildman–Crippen MR) is 129 cm³/mol. The molecule has 0 aromatic heterocycles. The zero-order valence-electron chi connectivity index (χ0n) is 17.2. The van der Waals surface area contributed by atoms with E-state index in [9.17, 15) is 9.59 Å². The van der Waals surface area contributed by atoms with Crippen molar-refractivity contribution in [3.63, 3.8) is 0 Å². The van der Waals surface area contributed by atoms with Crippen LogP contribution < -0.4 is 9.47 Å². The third-order valence-corrected chi connectivity index (χ3v) is 6.18. The number of benzene rings is 2. The second-order valence-electron chi connectivity index (χ2n) is 7.12. The van der Waals surface area contributed by atoms with Gasteiger partial charge >= 0.3 is 0 Å². The Morgan fingerprint density at radius 3 is 2.57 bits per heavy atom. The average molecular weight is 537 g/mol. The summed E-state index contributed by atoms with van der Waals surface area (Å²) >= 11 is 3.17. The minimum absolute atomic E-state index is 0.0191. The number of ether oxygens (including phenoxy) is 2. The van der Waals surface area contributed by atoms with Crippen molar-refractivity contribution in [3.05, 3.63) is 62.1 Å². The molecule has 1 saturated heterocycles. The van der Waals surface area contributed by atoms with Crippen molar-refractivity contribution in [3.8, 4) is 11.5 Å². The quantitative estimate of drug-likeness (QED) is 0.317. The van der Waals surface area contributed by atoms with Crippen LogP contribution in [0.25, 0.3) is 6.08 Å². The van der Waals surface area contributed by atoms with Crippen molar-refractivity contribution in [1.29, 1.82) is 0 Å². The molecule has 1 aliphatic rings. The fourth-order valence-electron chi connectivity index (χ4n) is 3.10. The first-order chi connectivity index (χ1) is 14.4. The SMILES string of the molecule is COc1cc(/C=C2/SC(=O)N(CCCc3ccccc3)C2=O)cc(I)c1OC(C)C. The highest BCUT2D eigenvalue weighted by atomic mass is 127. The molecule has 3 rings (SSSR count). The first-order valence-corrected chi connectivity index (χ1v) is 11.6. The first-order valence-electron chi connectivity index (χ1n) is 9.72. The van der Waals surface area contributed by atoms with E-state index in [1.165, 1.54) is 10.5 Å². The number of thioether (sulfide) groups is 1. The minimum Gasteiger partial charge on any atom is -0.493 e. The number of methoxy groups -OCH3 is 1. The number of nitrogens with zero attached hydrogens (tertiary/aromatic N) is 1. The maximum atomic E-state index is 12.8. The van der Waals surface area contributed by atoms with E-state index >= 15 is 0 Å². The van der Waals surface area contributed by atoms with Gasteiger partial charge < -0.3 is 9.47 Å². The van der Waals surface area contributed by atoms with Gasteiger partial charge in [0.15, 0.2) is 11.5 Å². The molecule has 7 heteroatoms. The van der Waals surface area contributed by atoms with E-state index in [0.29, 0.717) is 22.9 Å². The number of imide groups is 1. The van der Waals surface area contributed by atoms with Crippen molar-refractivity contribution >= 4 is 51.6 Å². The lowest BCUT2D eigenvalue weighted by Crippen LogP contribution is -2.29. The number of aryl methyl sites for hydroxylation is 1. The second-order valence-corrected chi connectivity index (χ2v) is 9.28. The van der Waals surface area contributed by atoms with Crippen molar-refractivity contribution in [1.82, 2.24) is 4.90 Å². The molecule has 1 fully saturated rings. The fraction of sp³-hybridized carbons (Fsp3) is 0.304. The van der Waals surface area contributed by atoms with Crippen molar-refractivity contribution in [2.45, 2.75) is 32.8 Å². The van der Waals surface area contributed by atoms with Gasteiger partial charge in [0.1, 0.15) is 0 Å². The Morgan fingerprint density at radius 1 is 1.17 bits per heavy atom. The van der Waals surface area contributed by atoms with E-state index in [4.69, 9.17) is 9.47 Å². The molecule has 1 heterocycles. The highest BCUT2D eigenvalue weighted by molar-refractivity contribution is 14.1. The Labute approximate surface area is 195 Å². The molecule has 0 atom stereocenters. The van der Waals surface area contributed by atoms with Crippen LogP contribution in [-0.4, -0.2) is 35.8 Å². The van der Waals surface area contributed by atoms with E-state index < -0.39 is 0 Å². The lowest BCUT2D eigenvalue weighted by Gasteiger charge is -2.16. The second kappa shape index (κ2) is 10.3. The molecule has 30 heavy (non-hydrogen) atoms. The maximum Gasteiger partial charge on any atom is 0.293 e. The summed E-state index contributed by atoms with van der Waals surface area (Å²) in [6.07, 6.45) is 3.33. The zero-order valence-corrected chi connectivity index (χ0v) is 20.2. The van der Waals surface area contributed by atoms with E-state index in [0.717, 1.165) is 33.7 Å². The summed E-state index contributed by atoms with van der Waals surface area (Å²) in [5.41, 5.74) is 1.99. The number of hydrogen-bond donors (Lipinski definition) is 0. The molecular weight excluding hydrogens is 513 g/mol. The van der Waals surface area contributed by atoms with Crippen LogP contribution in [0, 0.1) is 3.57 Å². The summed E-state index contributed by atoms with van der Waals surface area (Å²) in [6, 6.07) is 13.8. The van der Waals surface area contributed by atoms with E-state index in [-0.39, 0.29) is 17.3 Å². The van der Waals surface area contributed by atoms with Crippen LogP contribution in [0.3, 0.4) is 0 Å². The summed E-state index contributed by atoms with van der Waals surface area (Å²) in [4.78, 5) is 26.9. The van der Waals surface area contributed by atoms with Gasteiger partial charge in [0.25, 0.3) is 11.1 Å². The number of amides is 2. The Balaban J connectivity index is 1.72. The maximum absolute atomic E-state index is 12.8. The first kappa shape index (κ1) is 22.7. The Hall–Kier alpha value is -2.00. The topological polar surface area (TPSA) is 55.8 Å². The number of hydrogen-bond acceptors (Lipinski definition) is 5. The third-order valence-electron chi connectivity index (χ3n) is 4.47. The van der Waals surface area contributed by atoms with Gasteiger partial charge in [-0.15, -0.1) is 0 Å². The monoisotopic (exact) mass is 537 g/mol. The average Bonchev–Trinajstić information content (AvgIpc) is 2.97. The molecule has 2 aromatic carbocycles. The van der Waals surface area contributed by atoms with Gasteiger partial charge in [0.05, 0.1) is 21.7 Å². The van der Waals surface area contributed by atoms with Crippen LogP contribution in [0.15, 0.2) is 47.4 Å². The highest BCUT2D eigenvalue weighted by Gasteiger charge is 2.34. The van der Waals surface area contributed by atoms with Gasteiger partial charge in [-0.3, -0.25) is 14.5 Å². The lowest BCUT2D eigenvalue weighted by molar-refractivity contribution is -0.122. The number of carbonyl (C=O) groups excluding carboxylic acids is 2. The molecule has 0 saturated carbocycles. The van der Waals surface area contributed by atoms with Crippen LogP contribution in [0.2, 0.25) is 0 Å². The molecule has 0 aliphatic carbocycles. The molecular formula is C23H24INO4S. The summed E-state index contributed by atoms with van der Waals surface area (Å²) in [6.45, 7) is 4.33. The number of halogens is 1. The van der Waals surface area contributed by atoms with Gasteiger partial charge in [-0.1, -0.05) is 30.3 Å². The van der Waals surface area contributed by atoms with Crippen LogP contribution in [-0.2, 0) is 11.2 Å². The van der Waals surface area contributed by atoms with Crippen LogP contribution in [0.1, 0.15) is 31.4 Å². The van der Waals surface area contributed by atoms with Crippen molar-refractivity contribution < 1.29 is 19.1 Å². The summed E-state index contributed by atoms with van der Waals surface area (Å²) in [5, 5.41) is -0.222. The molecule has 0 unspecified atom stereocenters. The highest BCUT2D eigenvalue weighted by Crippen LogP contribution is 2.37. The summed E-state index contributed by atoms with van der Waals surface area (Å²) in [5.74, 6) is 1.04. The normalized spacial score (nSPS) is 15.4. The molecule has 158 valence electrons. The van der Waals surface area contributed by atoms with Crippen molar-refractivity contribution in [2.24, 2.45) is 0 Å². The standard InChI is InChI=1S/C23H24INO4S/c1-15(2)29-21-18(24)12-17(13-19(21)28-3)14-20-22(26)25(23(27)30-20)11-7-10-16-8-5-4-6-9-16/h4-6,8-9,12-15H,7,10-11H2,1-3H3/b20-14+. The molecule has 5 nitrogen and oxygen atoms in total. The van der Waals surface area contributed by atoms with Crippen molar-refractivity contribution in [2.75, 3.05) is 13.7 Å². The zero-order chi connectivity index (χ0) is 21.7. The van der Waals surface area contributed by atoms with Gasteiger partial charge in [0.2, 0.25) is 0 Å². The molecule has 0 radical (unpaired) electrons. The third kappa shape index (κ3) is 5.57. The van der Waals surface area contributed by atoms with Crippen LogP contribution in [0.4, 0.5) is 4.79 Å². The molecule has 2 amide bonds. The largest absolute Gasteiger partial charge is 0.493 e. The summed E-state index contributed by atoms with van der Waals surface area (Å²) in [7, 11) is 1.59. The molecule has 0 bridgehead atoms.